The van der Waals surface area contributed by atoms with E-state index in [-0.39, 0.29) is 24.1 Å². The zero-order valence-electron chi connectivity index (χ0n) is 18.2. The van der Waals surface area contributed by atoms with Gasteiger partial charge < -0.3 is 14.8 Å². The second kappa shape index (κ2) is 10.9. The SMILES string of the molecule is O=C1C[C@@H](/C=C/c2cccnc2)N1C(=O)Oc1ccccc1.O=C1N[C@@H](c2ccccc2)CO1. The molecule has 8 nitrogen and oxygen atoms in total. The van der Waals surface area contributed by atoms with Gasteiger partial charge in [-0.2, -0.15) is 0 Å². The van der Waals surface area contributed by atoms with Crippen LogP contribution in [0.15, 0.2) is 91.3 Å². The zero-order chi connectivity index (χ0) is 23.8. The minimum atomic E-state index is -0.650. The molecule has 0 unspecified atom stereocenters. The lowest BCUT2D eigenvalue weighted by Gasteiger charge is -2.35. The van der Waals surface area contributed by atoms with Gasteiger partial charge in [0, 0.05) is 12.4 Å². The number of nitrogens with one attached hydrogen (secondary N) is 1. The van der Waals surface area contributed by atoms with Crippen LogP contribution in [-0.4, -0.2) is 40.6 Å². The first-order chi connectivity index (χ1) is 16.6. The van der Waals surface area contributed by atoms with Gasteiger partial charge in [-0.3, -0.25) is 9.78 Å². The van der Waals surface area contributed by atoms with E-state index in [4.69, 9.17) is 9.47 Å². The molecule has 1 N–H and O–H groups in total. The van der Waals surface area contributed by atoms with Crippen LogP contribution in [0.25, 0.3) is 6.08 Å². The normalized spacial score (nSPS) is 18.9. The standard InChI is InChI=1S/C17H14N2O3.C9H9NO2/c20-16-11-14(9-8-13-5-4-10-18-12-13)19(16)17(21)22-15-6-2-1-3-7-15;11-9-10-8(6-12-9)7-4-2-1-3-5-7/h1-10,12,14H,11H2;1-5,8H,6H2,(H,10,11)/b9-8+;/t14-;8-/m11/s1. The number of amides is 3. The molecule has 34 heavy (non-hydrogen) atoms. The van der Waals surface area contributed by atoms with E-state index in [1.54, 1.807) is 36.7 Å². The van der Waals surface area contributed by atoms with Crippen LogP contribution in [0.3, 0.4) is 0 Å². The van der Waals surface area contributed by atoms with Crippen molar-refractivity contribution in [1.82, 2.24) is 15.2 Å². The Kier molecular flexibility index (Phi) is 7.29. The summed E-state index contributed by atoms with van der Waals surface area (Å²) in [5.41, 5.74) is 2.00. The number of likely N-dealkylation sites (tertiary alicyclic amines) is 1. The van der Waals surface area contributed by atoms with Gasteiger partial charge >= 0.3 is 12.2 Å². The molecular formula is C26H23N3O5. The van der Waals surface area contributed by atoms with Crippen molar-refractivity contribution in [1.29, 1.82) is 0 Å². The van der Waals surface area contributed by atoms with Crippen LogP contribution in [0.4, 0.5) is 9.59 Å². The first-order valence-electron chi connectivity index (χ1n) is 10.8. The fourth-order valence-corrected chi connectivity index (χ4v) is 3.42. The summed E-state index contributed by atoms with van der Waals surface area (Å²) in [7, 11) is 0. The van der Waals surface area contributed by atoms with Gasteiger partial charge in [0.2, 0.25) is 5.91 Å². The maximum absolute atomic E-state index is 12.1. The first kappa shape index (κ1) is 22.7. The van der Waals surface area contributed by atoms with Crippen molar-refractivity contribution < 1.29 is 23.9 Å². The Balaban J connectivity index is 0.000000192. The molecule has 2 aliphatic rings. The molecule has 0 spiro atoms. The molecule has 2 aromatic carbocycles. The van der Waals surface area contributed by atoms with Gasteiger partial charge in [0.25, 0.3) is 0 Å². The van der Waals surface area contributed by atoms with Crippen molar-refractivity contribution in [3.05, 3.63) is 102 Å². The Bertz CT molecular complexity index is 1150. The van der Waals surface area contributed by atoms with E-state index in [1.807, 2.05) is 60.7 Å². The smallest absolute Gasteiger partial charge is 0.422 e. The summed E-state index contributed by atoms with van der Waals surface area (Å²) in [5.74, 6) is 0.184. The summed E-state index contributed by atoms with van der Waals surface area (Å²) in [5, 5.41) is 2.71. The minimum Gasteiger partial charge on any atom is -0.447 e. The molecule has 0 aliphatic carbocycles. The van der Waals surface area contributed by atoms with E-state index in [0.717, 1.165) is 16.0 Å². The number of imide groups is 1. The van der Waals surface area contributed by atoms with Gasteiger partial charge in [-0.1, -0.05) is 66.7 Å². The van der Waals surface area contributed by atoms with Crippen LogP contribution in [0.1, 0.15) is 23.6 Å². The van der Waals surface area contributed by atoms with Gasteiger partial charge in [0.1, 0.15) is 12.4 Å². The third kappa shape index (κ3) is 5.86. The van der Waals surface area contributed by atoms with Gasteiger partial charge in [-0.25, -0.2) is 14.5 Å². The first-order valence-corrected chi connectivity index (χ1v) is 10.8. The lowest BCUT2D eigenvalue weighted by atomic mass is 10.0. The maximum atomic E-state index is 12.1. The molecule has 5 rings (SSSR count). The van der Waals surface area contributed by atoms with Crippen LogP contribution in [0.5, 0.6) is 5.75 Å². The molecule has 2 saturated heterocycles. The summed E-state index contributed by atoms with van der Waals surface area (Å²) in [6.07, 6.45) is 6.38. The quantitative estimate of drug-likeness (QED) is 0.585. The van der Waals surface area contributed by atoms with E-state index in [0.29, 0.717) is 18.8 Å². The summed E-state index contributed by atoms with van der Waals surface area (Å²) in [6, 6.07) is 21.9. The Morgan fingerprint density at radius 1 is 1.03 bits per heavy atom. The minimum absolute atomic E-state index is 0.0266. The second-order valence-corrected chi connectivity index (χ2v) is 7.57. The van der Waals surface area contributed by atoms with Gasteiger partial charge in [0.05, 0.1) is 18.5 Å². The summed E-state index contributed by atoms with van der Waals surface area (Å²) in [6.45, 7) is 0.433. The van der Waals surface area contributed by atoms with Crippen molar-refractivity contribution in [2.75, 3.05) is 6.61 Å². The number of aromatic nitrogens is 1. The fraction of sp³-hybridized carbons (Fsp3) is 0.154. The topological polar surface area (TPSA) is 97.8 Å². The lowest BCUT2D eigenvalue weighted by Crippen LogP contribution is -2.55. The zero-order valence-corrected chi connectivity index (χ0v) is 18.2. The number of ether oxygens (including phenoxy) is 2. The molecule has 3 heterocycles. The van der Waals surface area contributed by atoms with Gasteiger partial charge in [-0.05, 0) is 29.3 Å². The molecule has 0 radical (unpaired) electrons. The molecule has 172 valence electrons. The predicted molar refractivity (Wildman–Crippen MR) is 125 cm³/mol. The number of benzene rings is 2. The number of pyridine rings is 1. The number of hydrogen-bond donors (Lipinski definition) is 1. The second-order valence-electron chi connectivity index (χ2n) is 7.57. The van der Waals surface area contributed by atoms with E-state index in [9.17, 15) is 14.4 Å². The molecule has 0 bridgehead atoms. The Morgan fingerprint density at radius 3 is 2.38 bits per heavy atom. The van der Waals surface area contributed by atoms with Crippen LogP contribution in [-0.2, 0) is 9.53 Å². The van der Waals surface area contributed by atoms with E-state index in [2.05, 4.69) is 10.3 Å². The maximum Gasteiger partial charge on any atom is 0.422 e. The van der Waals surface area contributed by atoms with Gasteiger partial charge in [-0.15, -0.1) is 0 Å². The number of alkyl carbamates (subject to hydrolysis) is 1. The number of β-lactam (4-membered cyclic amide) rings is 1. The molecule has 2 fully saturated rings. The highest BCUT2D eigenvalue weighted by atomic mass is 16.6. The third-order valence-electron chi connectivity index (χ3n) is 5.20. The largest absolute Gasteiger partial charge is 0.447 e. The Labute approximate surface area is 196 Å². The number of cyclic esters (lactones) is 1. The summed E-state index contributed by atoms with van der Waals surface area (Å²) < 4.78 is 9.96. The number of hydrogen-bond acceptors (Lipinski definition) is 6. The predicted octanol–water partition coefficient (Wildman–Crippen LogP) is 4.36. The summed E-state index contributed by atoms with van der Waals surface area (Å²) in [4.78, 5) is 39.6. The molecule has 8 heteroatoms. The average molecular weight is 457 g/mol. The lowest BCUT2D eigenvalue weighted by molar-refractivity contribution is -0.139. The highest BCUT2D eigenvalue weighted by Gasteiger charge is 2.40. The van der Waals surface area contributed by atoms with E-state index >= 15 is 0 Å². The molecule has 1 aromatic heterocycles. The molecule has 2 aliphatic heterocycles. The highest BCUT2D eigenvalue weighted by Crippen LogP contribution is 2.23. The van der Waals surface area contributed by atoms with Crippen molar-refractivity contribution in [2.24, 2.45) is 0 Å². The van der Waals surface area contributed by atoms with Crippen LogP contribution in [0, 0.1) is 0 Å². The molecule has 0 saturated carbocycles. The Morgan fingerprint density at radius 2 is 1.76 bits per heavy atom. The van der Waals surface area contributed by atoms with E-state index in [1.165, 1.54) is 0 Å². The summed E-state index contributed by atoms with van der Waals surface area (Å²) >= 11 is 0. The number of rotatable bonds is 4. The number of carbonyl (C=O) groups is 3. The van der Waals surface area contributed by atoms with Gasteiger partial charge in [0.15, 0.2) is 0 Å². The van der Waals surface area contributed by atoms with E-state index < -0.39 is 6.09 Å². The van der Waals surface area contributed by atoms with Crippen molar-refractivity contribution in [2.45, 2.75) is 18.5 Å². The molecule has 2 atom stereocenters. The number of para-hydroxylation sites is 1. The number of carbonyl (C=O) groups excluding carboxylic acids is 3. The van der Waals surface area contributed by atoms with Crippen molar-refractivity contribution in [3.8, 4) is 5.75 Å². The molecular weight excluding hydrogens is 434 g/mol. The monoisotopic (exact) mass is 457 g/mol. The highest BCUT2D eigenvalue weighted by molar-refractivity contribution is 5.99. The fourth-order valence-electron chi connectivity index (χ4n) is 3.42. The van der Waals surface area contributed by atoms with Crippen LogP contribution < -0.4 is 10.1 Å². The van der Waals surface area contributed by atoms with Crippen LogP contribution in [0.2, 0.25) is 0 Å². The van der Waals surface area contributed by atoms with Crippen molar-refractivity contribution in [3.63, 3.8) is 0 Å². The van der Waals surface area contributed by atoms with Crippen LogP contribution >= 0.6 is 0 Å². The molecule has 3 aromatic rings. The molecule has 3 amide bonds. The number of nitrogens with zero attached hydrogens (tertiary/aromatic N) is 2. The van der Waals surface area contributed by atoms with Crippen molar-refractivity contribution >= 4 is 24.2 Å². The Hall–Kier alpha value is -4.46. The average Bonchev–Trinajstić information content (AvgIpc) is 3.30. The third-order valence-corrected chi connectivity index (χ3v) is 5.20.